The lowest BCUT2D eigenvalue weighted by molar-refractivity contribution is 0.0893. The third-order valence-corrected chi connectivity index (χ3v) is 4.06. The second-order valence-corrected chi connectivity index (χ2v) is 5.95. The first-order chi connectivity index (χ1) is 9.17. The molecule has 0 aromatic carbocycles. The Morgan fingerprint density at radius 1 is 1.11 bits per heavy atom. The average Bonchev–Trinajstić information content (AvgIpc) is 2.42. The van der Waals surface area contributed by atoms with Gasteiger partial charge in [-0.2, -0.15) is 0 Å². The highest BCUT2D eigenvalue weighted by Gasteiger charge is 2.22. The number of nitrogens with one attached hydrogen (secondary N) is 1. The first kappa shape index (κ1) is 16.9. The van der Waals surface area contributed by atoms with Crippen molar-refractivity contribution in [1.82, 2.24) is 20.0 Å². The summed E-state index contributed by atoms with van der Waals surface area (Å²) in [4.78, 5) is 7.55. The molecule has 114 valence electrons. The summed E-state index contributed by atoms with van der Waals surface area (Å²) in [6.07, 6.45) is 2.49. The Morgan fingerprint density at radius 3 is 2.32 bits per heavy atom. The third kappa shape index (κ3) is 6.70. The molecule has 0 bridgehead atoms. The van der Waals surface area contributed by atoms with E-state index in [1.165, 1.54) is 52.1 Å². The Kier molecular flexibility index (Phi) is 8.62. The summed E-state index contributed by atoms with van der Waals surface area (Å²) in [5, 5.41) is 3.57. The zero-order valence-electron chi connectivity index (χ0n) is 13.5. The molecule has 1 unspecified atom stereocenters. The molecule has 19 heavy (non-hydrogen) atoms. The minimum atomic E-state index is 0.725. The van der Waals surface area contributed by atoms with Crippen LogP contribution in [-0.2, 0) is 0 Å². The predicted octanol–water partition coefficient (Wildman–Crippen LogP) is 0.944. The molecular weight excluding hydrogens is 236 g/mol. The highest BCUT2D eigenvalue weighted by atomic mass is 15.3. The largest absolute Gasteiger partial charge is 0.315 e. The van der Waals surface area contributed by atoms with Gasteiger partial charge in [0.1, 0.15) is 0 Å². The Labute approximate surface area is 120 Å². The lowest BCUT2D eigenvalue weighted by Crippen LogP contribution is -2.53. The monoisotopic (exact) mass is 270 g/mol. The molecule has 0 aromatic rings. The number of piperazine rings is 1. The van der Waals surface area contributed by atoms with Gasteiger partial charge in [0.15, 0.2) is 0 Å². The van der Waals surface area contributed by atoms with Crippen LogP contribution in [0.1, 0.15) is 26.7 Å². The van der Waals surface area contributed by atoms with E-state index < -0.39 is 0 Å². The Hall–Kier alpha value is -0.160. The maximum atomic E-state index is 3.57. The fourth-order valence-electron chi connectivity index (χ4n) is 2.67. The van der Waals surface area contributed by atoms with Crippen LogP contribution in [0, 0.1) is 0 Å². The Morgan fingerprint density at radius 2 is 1.79 bits per heavy atom. The van der Waals surface area contributed by atoms with Crippen LogP contribution in [0.3, 0.4) is 0 Å². The van der Waals surface area contributed by atoms with Crippen molar-refractivity contribution in [1.29, 1.82) is 0 Å². The van der Waals surface area contributed by atoms with E-state index in [-0.39, 0.29) is 0 Å². The van der Waals surface area contributed by atoms with Crippen molar-refractivity contribution < 1.29 is 0 Å². The van der Waals surface area contributed by atoms with E-state index >= 15 is 0 Å². The summed E-state index contributed by atoms with van der Waals surface area (Å²) in [7, 11) is 4.31. The minimum absolute atomic E-state index is 0.725. The second kappa shape index (κ2) is 9.70. The first-order valence-electron chi connectivity index (χ1n) is 7.99. The highest BCUT2D eigenvalue weighted by Crippen LogP contribution is 2.08. The van der Waals surface area contributed by atoms with Crippen molar-refractivity contribution in [2.75, 3.05) is 66.5 Å². The van der Waals surface area contributed by atoms with E-state index in [1.54, 1.807) is 0 Å². The summed E-state index contributed by atoms with van der Waals surface area (Å²) < 4.78 is 0. The quantitative estimate of drug-likeness (QED) is 0.630. The predicted molar refractivity (Wildman–Crippen MR) is 83.8 cm³/mol. The van der Waals surface area contributed by atoms with Gasteiger partial charge in [-0.1, -0.05) is 13.8 Å². The van der Waals surface area contributed by atoms with Gasteiger partial charge in [0.2, 0.25) is 0 Å². The molecule has 1 saturated heterocycles. The molecule has 0 aliphatic carbocycles. The van der Waals surface area contributed by atoms with Crippen molar-refractivity contribution in [3.8, 4) is 0 Å². The van der Waals surface area contributed by atoms with E-state index in [1.807, 2.05) is 0 Å². The van der Waals surface area contributed by atoms with Crippen LogP contribution in [-0.4, -0.2) is 87.2 Å². The number of hydrogen-bond donors (Lipinski definition) is 1. The molecule has 1 heterocycles. The molecule has 1 fully saturated rings. The zero-order chi connectivity index (χ0) is 14.1. The molecule has 4 nitrogen and oxygen atoms in total. The molecule has 1 N–H and O–H groups in total. The molecule has 0 amide bonds. The van der Waals surface area contributed by atoms with Gasteiger partial charge >= 0.3 is 0 Å². The smallest absolute Gasteiger partial charge is 0.0219 e. The molecule has 1 aliphatic heterocycles. The Bertz CT molecular complexity index is 212. The SMILES string of the molecule is CCCNCC(CC)N1CCN(CCN(C)C)CC1. The molecule has 1 rings (SSSR count). The van der Waals surface area contributed by atoms with Crippen molar-refractivity contribution >= 4 is 0 Å². The zero-order valence-corrected chi connectivity index (χ0v) is 13.5. The third-order valence-electron chi connectivity index (χ3n) is 4.06. The molecule has 1 atom stereocenters. The van der Waals surface area contributed by atoms with Crippen LogP contribution in [0.15, 0.2) is 0 Å². The molecular formula is C15H34N4. The molecule has 0 radical (unpaired) electrons. The fraction of sp³-hybridized carbons (Fsp3) is 1.00. The van der Waals surface area contributed by atoms with Gasteiger partial charge in [0.25, 0.3) is 0 Å². The Balaban J connectivity index is 2.22. The normalized spacial score (nSPS) is 20.1. The summed E-state index contributed by atoms with van der Waals surface area (Å²) in [5.74, 6) is 0. The van der Waals surface area contributed by atoms with Crippen LogP contribution in [0.25, 0.3) is 0 Å². The molecule has 0 saturated carbocycles. The van der Waals surface area contributed by atoms with Crippen LogP contribution in [0.5, 0.6) is 0 Å². The van der Waals surface area contributed by atoms with E-state index in [4.69, 9.17) is 0 Å². The molecule has 1 aliphatic rings. The lowest BCUT2D eigenvalue weighted by Gasteiger charge is -2.39. The maximum absolute atomic E-state index is 3.57. The maximum Gasteiger partial charge on any atom is 0.0219 e. The van der Waals surface area contributed by atoms with Crippen molar-refractivity contribution in [2.45, 2.75) is 32.7 Å². The second-order valence-electron chi connectivity index (χ2n) is 5.95. The van der Waals surface area contributed by atoms with Gasteiger partial charge in [0, 0.05) is 51.9 Å². The van der Waals surface area contributed by atoms with Gasteiger partial charge in [-0.15, -0.1) is 0 Å². The molecule has 4 heteroatoms. The number of hydrogen-bond acceptors (Lipinski definition) is 4. The summed E-state index contributed by atoms with van der Waals surface area (Å²) in [6, 6.07) is 0.725. The van der Waals surface area contributed by atoms with Crippen LogP contribution >= 0.6 is 0 Å². The number of rotatable bonds is 9. The van der Waals surface area contributed by atoms with Crippen LogP contribution in [0.2, 0.25) is 0 Å². The average molecular weight is 270 g/mol. The standard InChI is InChI=1S/C15H34N4/c1-5-7-16-14-15(6-2)19-12-10-18(11-13-19)9-8-17(3)4/h15-16H,5-14H2,1-4H3. The van der Waals surface area contributed by atoms with Crippen molar-refractivity contribution in [2.24, 2.45) is 0 Å². The fourth-order valence-corrected chi connectivity index (χ4v) is 2.67. The van der Waals surface area contributed by atoms with E-state index in [0.717, 1.165) is 19.1 Å². The number of likely N-dealkylation sites (N-methyl/N-ethyl adjacent to an activating group) is 1. The van der Waals surface area contributed by atoms with Crippen molar-refractivity contribution in [3.63, 3.8) is 0 Å². The van der Waals surface area contributed by atoms with Gasteiger partial charge in [-0.3, -0.25) is 9.80 Å². The number of nitrogens with zero attached hydrogens (tertiary/aromatic N) is 3. The lowest BCUT2D eigenvalue weighted by atomic mass is 10.1. The van der Waals surface area contributed by atoms with E-state index in [0.29, 0.717) is 0 Å². The van der Waals surface area contributed by atoms with Gasteiger partial charge in [0.05, 0.1) is 0 Å². The topological polar surface area (TPSA) is 21.8 Å². The van der Waals surface area contributed by atoms with E-state index in [9.17, 15) is 0 Å². The van der Waals surface area contributed by atoms with Gasteiger partial charge < -0.3 is 10.2 Å². The summed E-state index contributed by atoms with van der Waals surface area (Å²) in [5.41, 5.74) is 0. The molecule has 0 spiro atoms. The minimum Gasteiger partial charge on any atom is -0.315 e. The van der Waals surface area contributed by atoms with Gasteiger partial charge in [-0.25, -0.2) is 0 Å². The van der Waals surface area contributed by atoms with Crippen LogP contribution < -0.4 is 5.32 Å². The van der Waals surface area contributed by atoms with E-state index in [2.05, 4.69) is 48.0 Å². The summed E-state index contributed by atoms with van der Waals surface area (Å²) in [6.45, 7) is 14.2. The van der Waals surface area contributed by atoms with Gasteiger partial charge in [-0.05, 0) is 33.5 Å². The first-order valence-corrected chi connectivity index (χ1v) is 7.99. The molecule has 0 aromatic heterocycles. The highest BCUT2D eigenvalue weighted by molar-refractivity contribution is 4.79. The van der Waals surface area contributed by atoms with Crippen molar-refractivity contribution in [3.05, 3.63) is 0 Å². The summed E-state index contributed by atoms with van der Waals surface area (Å²) >= 11 is 0. The van der Waals surface area contributed by atoms with Crippen LogP contribution in [0.4, 0.5) is 0 Å².